The molecule has 1 atom stereocenters. The number of rotatable bonds is 7. The number of carbonyl (C=O) groups excluding carboxylic acids is 1. The van der Waals surface area contributed by atoms with Gasteiger partial charge in [0.15, 0.2) is 0 Å². The number of unbranched alkanes of at least 4 members (excludes halogenated alkanes) is 1. The minimum Gasteiger partial charge on any atom is -0.495 e. The maximum atomic E-state index is 11.8. The first-order valence-corrected chi connectivity index (χ1v) is 7.25. The van der Waals surface area contributed by atoms with Crippen molar-refractivity contribution >= 4 is 27.5 Å². The van der Waals surface area contributed by atoms with Crippen molar-refractivity contribution in [3.8, 4) is 5.75 Å². The van der Waals surface area contributed by atoms with Crippen LogP contribution in [0.1, 0.15) is 26.7 Å². The van der Waals surface area contributed by atoms with Crippen molar-refractivity contribution in [2.45, 2.75) is 32.7 Å². The van der Waals surface area contributed by atoms with Crippen LogP contribution in [0.2, 0.25) is 0 Å². The van der Waals surface area contributed by atoms with Gasteiger partial charge in [0.25, 0.3) is 0 Å². The zero-order chi connectivity index (χ0) is 14.3. The molecular weight excluding hydrogens is 308 g/mol. The predicted octanol–water partition coefficient (Wildman–Crippen LogP) is 3.17. The standard InChI is InChI=1S/C14H21BrN2O2/c1-4-5-8-16-14(18)10(2)17-11-6-7-12(15)13(9-11)19-3/h6-7,9-10,17H,4-5,8H2,1-3H3,(H,16,18). The Morgan fingerprint density at radius 3 is 2.84 bits per heavy atom. The van der Waals surface area contributed by atoms with E-state index >= 15 is 0 Å². The van der Waals surface area contributed by atoms with Crippen LogP contribution in [-0.4, -0.2) is 25.6 Å². The normalized spacial score (nSPS) is 11.8. The molecule has 0 aliphatic heterocycles. The van der Waals surface area contributed by atoms with Crippen LogP contribution in [0.5, 0.6) is 5.75 Å². The Morgan fingerprint density at radius 1 is 1.47 bits per heavy atom. The van der Waals surface area contributed by atoms with E-state index < -0.39 is 0 Å². The number of methoxy groups -OCH3 is 1. The van der Waals surface area contributed by atoms with E-state index in [0.29, 0.717) is 0 Å². The molecule has 1 rings (SSSR count). The molecule has 0 fully saturated rings. The number of anilines is 1. The molecule has 4 nitrogen and oxygen atoms in total. The number of halogens is 1. The molecule has 1 aromatic rings. The minimum absolute atomic E-state index is 0.00957. The van der Waals surface area contributed by atoms with Crippen molar-refractivity contribution in [1.82, 2.24) is 5.32 Å². The highest BCUT2D eigenvalue weighted by Crippen LogP contribution is 2.28. The maximum Gasteiger partial charge on any atom is 0.242 e. The van der Waals surface area contributed by atoms with Gasteiger partial charge in [0.05, 0.1) is 11.6 Å². The largest absolute Gasteiger partial charge is 0.495 e. The number of hydrogen-bond acceptors (Lipinski definition) is 3. The molecule has 0 saturated heterocycles. The van der Waals surface area contributed by atoms with Gasteiger partial charge in [-0.25, -0.2) is 0 Å². The first-order chi connectivity index (χ1) is 9.08. The Bertz CT molecular complexity index is 424. The zero-order valence-electron chi connectivity index (χ0n) is 11.6. The van der Waals surface area contributed by atoms with Gasteiger partial charge >= 0.3 is 0 Å². The second-order valence-electron chi connectivity index (χ2n) is 4.36. The Labute approximate surface area is 123 Å². The summed E-state index contributed by atoms with van der Waals surface area (Å²) in [7, 11) is 1.62. The van der Waals surface area contributed by atoms with Gasteiger partial charge in [0, 0.05) is 18.3 Å². The molecule has 1 aromatic carbocycles. The highest BCUT2D eigenvalue weighted by Gasteiger charge is 2.12. The quantitative estimate of drug-likeness (QED) is 0.756. The summed E-state index contributed by atoms with van der Waals surface area (Å²) >= 11 is 3.40. The van der Waals surface area contributed by atoms with Crippen LogP contribution >= 0.6 is 15.9 Å². The third-order valence-corrected chi connectivity index (χ3v) is 3.41. The SMILES string of the molecule is CCCCNC(=O)C(C)Nc1ccc(Br)c(OC)c1. The molecule has 1 unspecified atom stereocenters. The summed E-state index contributed by atoms with van der Waals surface area (Å²) in [5.74, 6) is 0.749. The first-order valence-electron chi connectivity index (χ1n) is 6.46. The highest BCUT2D eigenvalue weighted by molar-refractivity contribution is 9.10. The Morgan fingerprint density at radius 2 is 2.21 bits per heavy atom. The number of amides is 1. The first kappa shape index (κ1) is 15.8. The Hall–Kier alpha value is -1.23. The average Bonchev–Trinajstić information content (AvgIpc) is 2.41. The molecule has 5 heteroatoms. The fourth-order valence-electron chi connectivity index (χ4n) is 1.61. The fourth-order valence-corrected chi connectivity index (χ4v) is 2.02. The number of ether oxygens (including phenoxy) is 1. The van der Waals surface area contributed by atoms with E-state index in [2.05, 4.69) is 33.5 Å². The van der Waals surface area contributed by atoms with Crippen molar-refractivity contribution in [2.24, 2.45) is 0 Å². The predicted molar refractivity (Wildman–Crippen MR) is 81.7 cm³/mol. The summed E-state index contributed by atoms with van der Waals surface area (Å²) in [5, 5.41) is 6.06. The van der Waals surface area contributed by atoms with E-state index in [-0.39, 0.29) is 11.9 Å². The van der Waals surface area contributed by atoms with Gasteiger partial charge in [0.1, 0.15) is 11.8 Å². The molecule has 0 aliphatic rings. The lowest BCUT2D eigenvalue weighted by molar-refractivity contribution is -0.121. The number of carbonyl (C=O) groups is 1. The topological polar surface area (TPSA) is 50.4 Å². The lowest BCUT2D eigenvalue weighted by Crippen LogP contribution is -2.37. The molecule has 106 valence electrons. The summed E-state index contributed by atoms with van der Waals surface area (Å²) in [6.07, 6.45) is 2.08. The molecule has 0 aromatic heterocycles. The molecule has 0 saturated carbocycles. The monoisotopic (exact) mass is 328 g/mol. The molecule has 0 radical (unpaired) electrons. The molecule has 2 N–H and O–H groups in total. The summed E-state index contributed by atoms with van der Waals surface area (Å²) in [6, 6.07) is 5.38. The van der Waals surface area contributed by atoms with E-state index in [0.717, 1.165) is 35.3 Å². The minimum atomic E-state index is -0.275. The second kappa shape index (κ2) is 8.04. The van der Waals surface area contributed by atoms with Gasteiger partial charge in [-0.1, -0.05) is 13.3 Å². The van der Waals surface area contributed by atoms with Gasteiger partial charge in [0.2, 0.25) is 5.91 Å². The van der Waals surface area contributed by atoms with Crippen molar-refractivity contribution < 1.29 is 9.53 Å². The van der Waals surface area contributed by atoms with Gasteiger partial charge in [-0.3, -0.25) is 4.79 Å². The molecule has 1 amide bonds. The smallest absolute Gasteiger partial charge is 0.242 e. The lowest BCUT2D eigenvalue weighted by atomic mass is 10.2. The molecule has 0 spiro atoms. The molecule has 19 heavy (non-hydrogen) atoms. The summed E-state index contributed by atoms with van der Waals surface area (Å²) in [4.78, 5) is 11.8. The molecular formula is C14H21BrN2O2. The van der Waals surface area contributed by atoms with Gasteiger partial charge in [-0.05, 0) is 41.4 Å². The van der Waals surface area contributed by atoms with Gasteiger partial charge in [-0.2, -0.15) is 0 Å². The molecule has 0 aliphatic carbocycles. The van der Waals surface area contributed by atoms with Crippen LogP contribution in [0.25, 0.3) is 0 Å². The number of benzene rings is 1. The molecule has 0 heterocycles. The summed E-state index contributed by atoms with van der Waals surface area (Å²) in [6.45, 7) is 4.67. The van der Waals surface area contributed by atoms with E-state index in [1.54, 1.807) is 7.11 Å². The van der Waals surface area contributed by atoms with Gasteiger partial charge < -0.3 is 15.4 Å². The van der Waals surface area contributed by atoms with E-state index in [1.165, 1.54) is 0 Å². The molecule has 0 bridgehead atoms. The summed E-state index contributed by atoms with van der Waals surface area (Å²) < 4.78 is 6.11. The van der Waals surface area contributed by atoms with Crippen molar-refractivity contribution in [2.75, 3.05) is 19.0 Å². The summed E-state index contributed by atoms with van der Waals surface area (Å²) in [5.41, 5.74) is 0.859. The van der Waals surface area contributed by atoms with E-state index in [9.17, 15) is 4.79 Å². The number of hydrogen-bond donors (Lipinski definition) is 2. The van der Waals surface area contributed by atoms with Crippen LogP contribution in [0.3, 0.4) is 0 Å². The zero-order valence-corrected chi connectivity index (χ0v) is 13.2. The third-order valence-electron chi connectivity index (χ3n) is 2.76. The lowest BCUT2D eigenvalue weighted by Gasteiger charge is -2.16. The van der Waals surface area contributed by atoms with Crippen LogP contribution < -0.4 is 15.4 Å². The van der Waals surface area contributed by atoms with Gasteiger partial charge in [-0.15, -0.1) is 0 Å². The van der Waals surface area contributed by atoms with Crippen LogP contribution in [0, 0.1) is 0 Å². The number of nitrogens with one attached hydrogen (secondary N) is 2. The van der Waals surface area contributed by atoms with E-state index in [1.807, 2.05) is 25.1 Å². The fraction of sp³-hybridized carbons (Fsp3) is 0.500. The van der Waals surface area contributed by atoms with Crippen LogP contribution in [0.4, 0.5) is 5.69 Å². The third kappa shape index (κ3) is 5.11. The Kier molecular flexibility index (Phi) is 6.70. The van der Waals surface area contributed by atoms with Crippen LogP contribution in [-0.2, 0) is 4.79 Å². The van der Waals surface area contributed by atoms with Crippen molar-refractivity contribution in [1.29, 1.82) is 0 Å². The maximum absolute atomic E-state index is 11.8. The average molecular weight is 329 g/mol. The van der Waals surface area contributed by atoms with Crippen molar-refractivity contribution in [3.63, 3.8) is 0 Å². The van der Waals surface area contributed by atoms with Crippen molar-refractivity contribution in [3.05, 3.63) is 22.7 Å². The van der Waals surface area contributed by atoms with E-state index in [4.69, 9.17) is 4.74 Å². The highest BCUT2D eigenvalue weighted by atomic mass is 79.9. The second-order valence-corrected chi connectivity index (χ2v) is 5.21. The Balaban J connectivity index is 2.56. The van der Waals surface area contributed by atoms with Crippen LogP contribution in [0.15, 0.2) is 22.7 Å².